The molecular weight excluding hydrogens is 244 g/mol. The van der Waals surface area contributed by atoms with E-state index >= 15 is 0 Å². The molecule has 0 radical (unpaired) electrons. The van der Waals surface area contributed by atoms with Crippen molar-refractivity contribution in [2.75, 3.05) is 7.11 Å². The Kier molecular flexibility index (Phi) is 3.64. The van der Waals surface area contributed by atoms with E-state index in [1.165, 1.54) is 11.8 Å². The fourth-order valence-electron chi connectivity index (χ4n) is 1.95. The summed E-state index contributed by atoms with van der Waals surface area (Å²) in [5, 5.41) is 5.15. The molecule has 2 aromatic rings. The van der Waals surface area contributed by atoms with Gasteiger partial charge in [0.1, 0.15) is 0 Å². The molecule has 2 rings (SSSR count). The predicted octanol–water partition coefficient (Wildman–Crippen LogP) is 1.84. The lowest BCUT2D eigenvalue weighted by molar-refractivity contribution is 0.0593. The molecule has 0 aliphatic carbocycles. The zero-order chi connectivity index (χ0) is 14.0. The maximum Gasteiger partial charge on any atom is 0.359 e. The number of esters is 1. The van der Waals surface area contributed by atoms with Gasteiger partial charge in [-0.15, -0.1) is 0 Å². The molecule has 0 aliphatic heterocycles. The lowest BCUT2D eigenvalue weighted by Gasteiger charge is -2.11. The van der Waals surface area contributed by atoms with Crippen molar-refractivity contribution in [3.05, 3.63) is 40.3 Å². The molecule has 0 N–H and O–H groups in total. The van der Waals surface area contributed by atoms with Crippen molar-refractivity contribution in [3.8, 4) is 0 Å². The number of hydrogen-bond acceptors (Lipinski definition) is 4. The van der Waals surface area contributed by atoms with E-state index in [1.807, 2.05) is 13.8 Å². The first-order valence-corrected chi connectivity index (χ1v) is 6.12. The number of fused-ring (bicyclic) bond motifs is 1. The van der Waals surface area contributed by atoms with Crippen LogP contribution in [0.2, 0.25) is 0 Å². The summed E-state index contributed by atoms with van der Waals surface area (Å²) in [6, 6.07) is 6.94. The van der Waals surface area contributed by atoms with E-state index in [9.17, 15) is 9.59 Å². The third kappa shape index (κ3) is 2.50. The highest BCUT2D eigenvalue weighted by molar-refractivity contribution is 6.01. The minimum absolute atomic E-state index is 0.179. The van der Waals surface area contributed by atoms with Gasteiger partial charge >= 0.3 is 5.97 Å². The maximum atomic E-state index is 12.3. The number of benzene rings is 1. The lowest BCUT2D eigenvalue weighted by Crippen LogP contribution is -2.28. The highest BCUT2D eigenvalue weighted by Crippen LogP contribution is 2.14. The van der Waals surface area contributed by atoms with Crippen molar-refractivity contribution in [1.29, 1.82) is 0 Å². The molecule has 1 aromatic carbocycles. The number of nitrogens with zero attached hydrogens (tertiary/aromatic N) is 2. The van der Waals surface area contributed by atoms with Gasteiger partial charge in [0.05, 0.1) is 12.5 Å². The lowest BCUT2D eigenvalue weighted by atomic mass is 10.1. The highest BCUT2D eigenvalue weighted by Gasteiger charge is 2.17. The van der Waals surface area contributed by atoms with Crippen LogP contribution in [0.3, 0.4) is 0 Å². The molecule has 0 unspecified atom stereocenters. The molecule has 0 saturated carbocycles. The van der Waals surface area contributed by atoms with E-state index in [2.05, 4.69) is 5.10 Å². The Morgan fingerprint density at radius 1 is 1.32 bits per heavy atom. The fourth-order valence-corrected chi connectivity index (χ4v) is 1.95. The zero-order valence-electron chi connectivity index (χ0n) is 11.2. The van der Waals surface area contributed by atoms with Crippen LogP contribution in [0.4, 0.5) is 0 Å². The van der Waals surface area contributed by atoms with Crippen molar-refractivity contribution in [1.82, 2.24) is 9.78 Å². The van der Waals surface area contributed by atoms with Crippen molar-refractivity contribution in [3.63, 3.8) is 0 Å². The molecule has 5 nitrogen and oxygen atoms in total. The molecule has 1 aromatic heterocycles. The Bertz CT molecular complexity index is 674. The minimum atomic E-state index is -0.534. The van der Waals surface area contributed by atoms with Crippen LogP contribution in [0, 0.1) is 5.92 Å². The minimum Gasteiger partial charge on any atom is -0.464 e. The molecule has 100 valence electrons. The van der Waals surface area contributed by atoms with E-state index in [4.69, 9.17) is 4.74 Å². The number of ether oxygens (including phenoxy) is 1. The van der Waals surface area contributed by atoms with E-state index in [-0.39, 0.29) is 17.2 Å². The van der Waals surface area contributed by atoms with Crippen LogP contribution in [-0.2, 0) is 11.3 Å². The van der Waals surface area contributed by atoms with Crippen LogP contribution in [0.1, 0.15) is 24.3 Å². The maximum absolute atomic E-state index is 12.3. The molecule has 0 amide bonds. The Balaban J connectivity index is 2.76. The standard InChI is InChI=1S/C14H16N2O3/c1-9(2)8-16-13(17)11-7-5-4-6-10(11)12(15-16)14(18)19-3/h4-7,9H,8H2,1-3H3. The van der Waals surface area contributed by atoms with Gasteiger partial charge in [0.25, 0.3) is 5.56 Å². The Morgan fingerprint density at radius 3 is 2.53 bits per heavy atom. The van der Waals surface area contributed by atoms with Gasteiger partial charge in [-0.1, -0.05) is 32.0 Å². The quantitative estimate of drug-likeness (QED) is 0.790. The molecule has 0 aliphatic rings. The second-order valence-corrected chi connectivity index (χ2v) is 4.77. The van der Waals surface area contributed by atoms with E-state index in [1.54, 1.807) is 24.3 Å². The first-order valence-electron chi connectivity index (χ1n) is 6.12. The molecular formula is C14H16N2O3. The van der Waals surface area contributed by atoms with Gasteiger partial charge in [0, 0.05) is 11.9 Å². The summed E-state index contributed by atoms with van der Waals surface area (Å²) in [6.07, 6.45) is 0. The molecule has 0 atom stereocenters. The van der Waals surface area contributed by atoms with Crippen LogP contribution in [0.5, 0.6) is 0 Å². The molecule has 0 spiro atoms. The van der Waals surface area contributed by atoms with Gasteiger partial charge in [0.15, 0.2) is 5.69 Å². The van der Waals surface area contributed by atoms with Crippen LogP contribution in [0.15, 0.2) is 29.1 Å². The molecule has 0 fully saturated rings. The van der Waals surface area contributed by atoms with Crippen molar-refractivity contribution in [2.24, 2.45) is 5.92 Å². The van der Waals surface area contributed by atoms with Gasteiger partial charge < -0.3 is 4.74 Å². The topological polar surface area (TPSA) is 61.2 Å². The van der Waals surface area contributed by atoms with Crippen LogP contribution in [0.25, 0.3) is 10.8 Å². The van der Waals surface area contributed by atoms with E-state index in [0.717, 1.165) is 0 Å². The fraction of sp³-hybridized carbons (Fsp3) is 0.357. The third-order valence-corrected chi connectivity index (χ3v) is 2.78. The smallest absolute Gasteiger partial charge is 0.359 e. The molecule has 0 bridgehead atoms. The van der Waals surface area contributed by atoms with E-state index in [0.29, 0.717) is 17.3 Å². The predicted molar refractivity (Wildman–Crippen MR) is 72.2 cm³/mol. The number of rotatable bonds is 3. The van der Waals surface area contributed by atoms with Crippen LogP contribution in [-0.4, -0.2) is 22.9 Å². The largest absolute Gasteiger partial charge is 0.464 e. The molecule has 1 heterocycles. The Morgan fingerprint density at radius 2 is 1.95 bits per heavy atom. The highest BCUT2D eigenvalue weighted by atomic mass is 16.5. The number of aromatic nitrogens is 2. The van der Waals surface area contributed by atoms with Gasteiger partial charge in [-0.3, -0.25) is 4.79 Å². The number of methoxy groups -OCH3 is 1. The molecule has 19 heavy (non-hydrogen) atoms. The molecule has 5 heteroatoms. The SMILES string of the molecule is COC(=O)c1nn(CC(C)C)c(=O)c2ccccc12. The Hall–Kier alpha value is -2.17. The number of carbonyl (C=O) groups excluding carboxylic acids is 1. The summed E-state index contributed by atoms with van der Waals surface area (Å²) < 4.78 is 6.06. The average Bonchev–Trinajstić information content (AvgIpc) is 2.40. The number of carbonyl (C=O) groups is 1. The van der Waals surface area contributed by atoms with Gasteiger partial charge in [-0.25, -0.2) is 9.48 Å². The monoisotopic (exact) mass is 260 g/mol. The number of hydrogen-bond donors (Lipinski definition) is 0. The van der Waals surface area contributed by atoms with Crippen molar-refractivity contribution in [2.45, 2.75) is 20.4 Å². The van der Waals surface area contributed by atoms with Gasteiger partial charge in [0.2, 0.25) is 0 Å². The molecule has 0 saturated heterocycles. The summed E-state index contributed by atoms with van der Waals surface area (Å²) in [6.45, 7) is 4.44. The summed E-state index contributed by atoms with van der Waals surface area (Å²) in [4.78, 5) is 24.1. The average molecular weight is 260 g/mol. The zero-order valence-corrected chi connectivity index (χ0v) is 11.2. The van der Waals surface area contributed by atoms with Crippen LogP contribution < -0.4 is 5.56 Å². The first-order chi connectivity index (χ1) is 9.04. The second-order valence-electron chi connectivity index (χ2n) is 4.77. The normalized spacial score (nSPS) is 10.9. The summed E-state index contributed by atoms with van der Waals surface area (Å²) in [5.41, 5.74) is -0.00435. The first kappa shape index (κ1) is 13.3. The van der Waals surface area contributed by atoms with Crippen molar-refractivity contribution < 1.29 is 9.53 Å². The third-order valence-electron chi connectivity index (χ3n) is 2.78. The van der Waals surface area contributed by atoms with Gasteiger partial charge in [-0.05, 0) is 12.0 Å². The van der Waals surface area contributed by atoms with Crippen LogP contribution >= 0.6 is 0 Å². The van der Waals surface area contributed by atoms with E-state index < -0.39 is 5.97 Å². The Labute approximate surface area is 110 Å². The van der Waals surface area contributed by atoms with Gasteiger partial charge in [-0.2, -0.15) is 5.10 Å². The second kappa shape index (κ2) is 5.22. The summed E-state index contributed by atoms with van der Waals surface area (Å²) in [5.74, 6) is -0.273. The summed E-state index contributed by atoms with van der Waals surface area (Å²) in [7, 11) is 1.30. The summed E-state index contributed by atoms with van der Waals surface area (Å²) >= 11 is 0. The van der Waals surface area contributed by atoms with Crippen molar-refractivity contribution >= 4 is 16.7 Å².